The van der Waals surface area contributed by atoms with Crippen LogP contribution in [0.15, 0.2) is 30.6 Å². The maximum atomic E-state index is 5.25. The Kier molecular flexibility index (Phi) is 4.35. The van der Waals surface area contributed by atoms with Crippen molar-refractivity contribution in [3.8, 4) is 5.75 Å². The van der Waals surface area contributed by atoms with Gasteiger partial charge in [0.15, 0.2) is 11.5 Å². The number of hydrogen-bond acceptors (Lipinski definition) is 5. The van der Waals surface area contributed by atoms with Crippen LogP contribution >= 0.6 is 11.3 Å². The van der Waals surface area contributed by atoms with Crippen LogP contribution in [0.2, 0.25) is 0 Å². The van der Waals surface area contributed by atoms with Crippen molar-refractivity contribution in [3.05, 3.63) is 52.4 Å². The molecule has 0 unspecified atom stereocenters. The average molecular weight is 407 g/mol. The second-order valence-electron chi connectivity index (χ2n) is 9.06. The second kappa shape index (κ2) is 6.80. The highest BCUT2D eigenvalue weighted by Crippen LogP contribution is 2.43. The lowest BCUT2D eigenvalue weighted by Gasteiger charge is -2.33. The molecule has 0 saturated heterocycles. The highest BCUT2D eigenvalue weighted by molar-refractivity contribution is 7.19. The van der Waals surface area contributed by atoms with Gasteiger partial charge in [-0.3, -0.25) is 0 Å². The van der Waals surface area contributed by atoms with Crippen molar-refractivity contribution in [2.24, 2.45) is 11.3 Å². The lowest BCUT2D eigenvalue weighted by Crippen LogP contribution is -2.26. The van der Waals surface area contributed by atoms with Gasteiger partial charge in [0, 0.05) is 11.3 Å². The highest BCUT2D eigenvalue weighted by atomic mass is 32.1. The van der Waals surface area contributed by atoms with Gasteiger partial charge in [0.25, 0.3) is 0 Å². The minimum absolute atomic E-state index is 0.344. The Morgan fingerprint density at radius 3 is 2.72 bits per heavy atom. The molecular weight excluding hydrogens is 380 g/mol. The van der Waals surface area contributed by atoms with Gasteiger partial charge in [0.05, 0.1) is 12.5 Å². The lowest BCUT2D eigenvalue weighted by molar-refractivity contribution is 0.218. The molecule has 1 aromatic carbocycles. The zero-order valence-corrected chi connectivity index (χ0v) is 18.2. The fourth-order valence-corrected chi connectivity index (χ4v) is 5.62. The molecule has 4 aromatic rings. The van der Waals surface area contributed by atoms with Crippen molar-refractivity contribution in [3.63, 3.8) is 0 Å². The number of aromatic nitrogens is 4. The van der Waals surface area contributed by atoms with E-state index in [0.29, 0.717) is 11.8 Å². The van der Waals surface area contributed by atoms with E-state index in [1.165, 1.54) is 27.8 Å². The summed E-state index contributed by atoms with van der Waals surface area (Å²) in [5.74, 6) is 2.41. The molecule has 5 rings (SSSR count). The van der Waals surface area contributed by atoms with E-state index in [9.17, 15) is 0 Å². The van der Waals surface area contributed by atoms with Crippen LogP contribution in [0.4, 0.5) is 0 Å². The van der Waals surface area contributed by atoms with Gasteiger partial charge in [0.1, 0.15) is 16.9 Å². The van der Waals surface area contributed by atoms with Gasteiger partial charge < -0.3 is 4.74 Å². The molecule has 0 amide bonds. The number of thiophene rings is 1. The van der Waals surface area contributed by atoms with Gasteiger partial charge in [-0.15, -0.1) is 16.4 Å². The van der Waals surface area contributed by atoms with Gasteiger partial charge in [-0.1, -0.05) is 32.9 Å². The largest absolute Gasteiger partial charge is 0.497 e. The molecule has 0 radical (unpaired) electrons. The number of hydrogen-bond donors (Lipinski definition) is 0. The molecule has 0 aliphatic heterocycles. The van der Waals surface area contributed by atoms with Gasteiger partial charge in [-0.25, -0.2) is 14.5 Å². The topological polar surface area (TPSA) is 52.3 Å². The van der Waals surface area contributed by atoms with Crippen molar-refractivity contribution in [2.75, 3.05) is 7.11 Å². The summed E-state index contributed by atoms with van der Waals surface area (Å²) in [5.41, 5.74) is 3.92. The molecule has 1 aliphatic rings. The summed E-state index contributed by atoms with van der Waals surface area (Å²) in [7, 11) is 1.68. The van der Waals surface area contributed by atoms with Crippen LogP contribution in [0.5, 0.6) is 5.75 Å². The summed E-state index contributed by atoms with van der Waals surface area (Å²) >= 11 is 1.85. The Balaban J connectivity index is 1.52. The maximum absolute atomic E-state index is 5.25. The van der Waals surface area contributed by atoms with Crippen LogP contribution < -0.4 is 4.74 Å². The number of rotatable bonds is 3. The first kappa shape index (κ1) is 18.6. The minimum atomic E-state index is 0.344. The predicted molar refractivity (Wildman–Crippen MR) is 117 cm³/mol. The Morgan fingerprint density at radius 1 is 1.21 bits per heavy atom. The van der Waals surface area contributed by atoms with Crippen LogP contribution in [0.3, 0.4) is 0 Å². The molecule has 0 fully saturated rings. The van der Waals surface area contributed by atoms with E-state index in [4.69, 9.17) is 19.8 Å². The minimum Gasteiger partial charge on any atom is -0.497 e. The number of benzene rings is 1. The van der Waals surface area contributed by atoms with E-state index in [2.05, 4.69) is 32.9 Å². The number of fused-ring (bicyclic) bond motifs is 5. The van der Waals surface area contributed by atoms with Gasteiger partial charge in [-0.05, 0) is 53.9 Å². The van der Waals surface area contributed by atoms with Crippen LogP contribution in [0.25, 0.3) is 15.9 Å². The Labute approximate surface area is 174 Å². The van der Waals surface area contributed by atoms with Crippen LogP contribution in [-0.4, -0.2) is 26.7 Å². The number of aryl methyl sites for hydroxylation is 1. The summed E-state index contributed by atoms with van der Waals surface area (Å²) in [6.45, 7) is 7.07. The number of methoxy groups -OCH3 is 1. The summed E-state index contributed by atoms with van der Waals surface area (Å²) in [6.07, 6.45) is 6.01. The van der Waals surface area contributed by atoms with E-state index in [1.807, 2.05) is 34.3 Å². The van der Waals surface area contributed by atoms with E-state index >= 15 is 0 Å². The molecule has 1 atom stereocenters. The molecule has 0 saturated carbocycles. The van der Waals surface area contributed by atoms with Crippen LogP contribution in [0, 0.1) is 11.3 Å². The molecule has 0 N–H and O–H groups in total. The predicted octanol–water partition coefficient (Wildman–Crippen LogP) is 5.09. The van der Waals surface area contributed by atoms with Crippen molar-refractivity contribution in [1.82, 2.24) is 19.6 Å². The first-order valence-corrected chi connectivity index (χ1v) is 11.0. The van der Waals surface area contributed by atoms with E-state index in [-0.39, 0.29) is 0 Å². The summed E-state index contributed by atoms with van der Waals surface area (Å²) in [6, 6.07) is 8.09. The normalized spacial score (nSPS) is 17.0. The van der Waals surface area contributed by atoms with Crippen molar-refractivity contribution < 1.29 is 4.74 Å². The van der Waals surface area contributed by atoms with Crippen molar-refractivity contribution in [1.29, 1.82) is 0 Å². The molecular formula is C23H26N4OS. The van der Waals surface area contributed by atoms with Crippen molar-refractivity contribution >= 4 is 27.2 Å². The Morgan fingerprint density at radius 2 is 2.00 bits per heavy atom. The molecule has 5 nitrogen and oxygen atoms in total. The zero-order chi connectivity index (χ0) is 20.2. The van der Waals surface area contributed by atoms with Crippen LogP contribution in [-0.2, 0) is 19.3 Å². The first-order chi connectivity index (χ1) is 13.9. The Bertz CT molecular complexity index is 1180. The number of nitrogens with zero attached hydrogens (tertiary/aromatic N) is 4. The monoisotopic (exact) mass is 406 g/mol. The molecule has 29 heavy (non-hydrogen) atoms. The fourth-order valence-electron chi connectivity index (χ4n) is 4.36. The standard InChI is InChI=1S/C23H26N4OS/c1-23(2,3)15-7-10-17-18(12-15)29-22-20(17)21-25-19(26-27(21)13-24-22)11-14-5-8-16(28-4)9-6-14/h5-6,8-9,13,15H,7,10-12H2,1-4H3/t15-/m0/s1. The average Bonchev–Trinajstić information content (AvgIpc) is 3.27. The number of ether oxygens (including phenoxy) is 1. The third kappa shape index (κ3) is 3.29. The van der Waals surface area contributed by atoms with E-state index in [0.717, 1.165) is 40.8 Å². The molecule has 3 heterocycles. The van der Waals surface area contributed by atoms with E-state index in [1.54, 1.807) is 7.11 Å². The SMILES string of the molecule is COc1ccc(Cc2nc3c4c5c(sc4ncn3n2)C[C@@H](C(C)(C)C)CC5)cc1. The van der Waals surface area contributed by atoms with Crippen molar-refractivity contribution in [2.45, 2.75) is 46.5 Å². The third-order valence-electron chi connectivity index (χ3n) is 6.18. The van der Waals surface area contributed by atoms with E-state index < -0.39 is 0 Å². The Hall–Kier alpha value is -2.47. The quantitative estimate of drug-likeness (QED) is 0.476. The first-order valence-electron chi connectivity index (χ1n) is 10.2. The summed E-state index contributed by atoms with van der Waals surface area (Å²) in [5, 5.41) is 5.92. The van der Waals surface area contributed by atoms with Crippen LogP contribution in [0.1, 0.15) is 49.0 Å². The third-order valence-corrected chi connectivity index (χ3v) is 7.34. The molecule has 3 aromatic heterocycles. The fraction of sp³-hybridized carbons (Fsp3) is 0.435. The van der Waals surface area contributed by atoms with Gasteiger partial charge in [0.2, 0.25) is 0 Å². The highest BCUT2D eigenvalue weighted by Gasteiger charge is 2.31. The summed E-state index contributed by atoms with van der Waals surface area (Å²) < 4.78 is 7.10. The molecule has 0 spiro atoms. The summed E-state index contributed by atoms with van der Waals surface area (Å²) in [4.78, 5) is 12.2. The van der Waals surface area contributed by atoms with Gasteiger partial charge >= 0.3 is 0 Å². The second-order valence-corrected chi connectivity index (χ2v) is 10.1. The smallest absolute Gasteiger partial charge is 0.167 e. The maximum Gasteiger partial charge on any atom is 0.167 e. The molecule has 0 bridgehead atoms. The molecule has 150 valence electrons. The lowest BCUT2D eigenvalue weighted by atomic mass is 9.72. The molecule has 1 aliphatic carbocycles. The zero-order valence-electron chi connectivity index (χ0n) is 17.4. The van der Waals surface area contributed by atoms with Gasteiger partial charge in [-0.2, -0.15) is 0 Å². The molecule has 6 heteroatoms.